The Morgan fingerprint density at radius 1 is 1.56 bits per heavy atom. The molecular formula is C12H22N4. The number of likely N-dealkylation sites (N-methyl/N-ethyl adjacent to an activating group) is 1. The van der Waals surface area contributed by atoms with Crippen molar-refractivity contribution in [3.05, 3.63) is 18.0 Å². The molecule has 0 aromatic carbocycles. The Hall–Kier alpha value is -0.870. The van der Waals surface area contributed by atoms with E-state index in [0.29, 0.717) is 12.1 Å². The van der Waals surface area contributed by atoms with Crippen molar-refractivity contribution in [3.63, 3.8) is 0 Å². The fourth-order valence-corrected chi connectivity index (χ4v) is 2.01. The van der Waals surface area contributed by atoms with Gasteiger partial charge < -0.3 is 5.32 Å². The summed E-state index contributed by atoms with van der Waals surface area (Å²) in [6.07, 6.45) is 4.16. The van der Waals surface area contributed by atoms with Crippen LogP contribution in [0.4, 0.5) is 0 Å². The maximum Gasteiger partial charge on any atom is 0.0534 e. The van der Waals surface area contributed by atoms with Crippen molar-refractivity contribution in [1.82, 2.24) is 20.0 Å². The first kappa shape index (κ1) is 11.6. The van der Waals surface area contributed by atoms with Gasteiger partial charge in [0.05, 0.1) is 6.20 Å². The standard InChI is InChI=1S/C12H22N4/c1-4-15(12-6-13-7-12)8-11-5-14-16(9-11)10(2)3/h5,9-10,12-13H,4,6-8H2,1-3H3. The quantitative estimate of drug-likeness (QED) is 0.814. The number of nitrogens with one attached hydrogen (secondary N) is 1. The molecule has 1 aliphatic rings. The third-order valence-electron chi connectivity index (χ3n) is 3.25. The van der Waals surface area contributed by atoms with Gasteiger partial charge in [0.2, 0.25) is 0 Å². The fraction of sp³-hybridized carbons (Fsp3) is 0.750. The van der Waals surface area contributed by atoms with Gasteiger partial charge in [-0.3, -0.25) is 9.58 Å². The second-order valence-electron chi connectivity index (χ2n) is 4.80. The van der Waals surface area contributed by atoms with Crippen LogP contribution in [0.3, 0.4) is 0 Å². The van der Waals surface area contributed by atoms with Crippen molar-refractivity contribution in [2.75, 3.05) is 19.6 Å². The fourth-order valence-electron chi connectivity index (χ4n) is 2.01. The van der Waals surface area contributed by atoms with Crippen LogP contribution in [0.1, 0.15) is 32.4 Å². The molecule has 1 aromatic rings. The number of rotatable bonds is 5. The summed E-state index contributed by atoms with van der Waals surface area (Å²) in [6.45, 7) is 10.9. The van der Waals surface area contributed by atoms with E-state index in [9.17, 15) is 0 Å². The van der Waals surface area contributed by atoms with E-state index in [0.717, 1.165) is 26.2 Å². The second kappa shape index (κ2) is 4.97. The molecule has 0 amide bonds. The zero-order chi connectivity index (χ0) is 11.5. The first-order valence-corrected chi connectivity index (χ1v) is 6.18. The third-order valence-corrected chi connectivity index (χ3v) is 3.25. The first-order chi connectivity index (χ1) is 7.70. The van der Waals surface area contributed by atoms with Crippen molar-refractivity contribution in [2.24, 2.45) is 0 Å². The lowest BCUT2D eigenvalue weighted by Crippen LogP contribution is -2.56. The van der Waals surface area contributed by atoms with Gasteiger partial charge in [0.25, 0.3) is 0 Å². The van der Waals surface area contributed by atoms with E-state index in [4.69, 9.17) is 0 Å². The van der Waals surface area contributed by atoms with E-state index in [-0.39, 0.29) is 0 Å². The zero-order valence-electron chi connectivity index (χ0n) is 10.5. The highest BCUT2D eigenvalue weighted by molar-refractivity contribution is 5.05. The van der Waals surface area contributed by atoms with Crippen LogP contribution >= 0.6 is 0 Å². The average Bonchev–Trinajstić information content (AvgIpc) is 2.62. The molecule has 2 rings (SSSR count). The minimum absolute atomic E-state index is 0.453. The lowest BCUT2D eigenvalue weighted by atomic mass is 10.1. The molecule has 1 aliphatic heterocycles. The molecule has 0 atom stereocenters. The number of hydrogen-bond donors (Lipinski definition) is 1. The molecule has 1 aromatic heterocycles. The maximum absolute atomic E-state index is 4.38. The van der Waals surface area contributed by atoms with Crippen LogP contribution in [0, 0.1) is 0 Å². The molecule has 0 aliphatic carbocycles. The van der Waals surface area contributed by atoms with Gasteiger partial charge in [-0.05, 0) is 20.4 Å². The van der Waals surface area contributed by atoms with Crippen LogP contribution in [0.25, 0.3) is 0 Å². The van der Waals surface area contributed by atoms with Crippen LogP contribution in [-0.4, -0.2) is 40.4 Å². The minimum atomic E-state index is 0.453. The molecule has 4 nitrogen and oxygen atoms in total. The Bertz CT molecular complexity index is 328. The summed E-state index contributed by atoms with van der Waals surface area (Å²) < 4.78 is 2.03. The molecule has 1 fully saturated rings. The topological polar surface area (TPSA) is 33.1 Å². The molecule has 4 heteroatoms. The van der Waals surface area contributed by atoms with E-state index in [1.807, 2.05) is 10.9 Å². The van der Waals surface area contributed by atoms with E-state index in [2.05, 4.69) is 42.3 Å². The Morgan fingerprint density at radius 3 is 2.75 bits per heavy atom. The van der Waals surface area contributed by atoms with Gasteiger partial charge in [0, 0.05) is 43.5 Å². The smallest absolute Gasteiger partial charge is 0.0534 e. The second-order valence-corrected chi connectivity index (χ2v) is 4.80. The van der Waals surface area contributed by atoms with Gasteiger partial charge in [0.1, 0.15) is 0 Å². The first-order valence-electron chi connectivity index (χ1n) is 6.18. The summed E-state index contributed by atoms with van der Waals surface area (Å²) in [4.78, 5) is 2.51. The van der Waals surface area contributed by atoms with Crippen molar-refractivity contribution >= 4 is 0 Å². The normalized spacial score (nSPS) is 17.1. The molecule has 0 radical (unpaired) electrons. The van der Waals surface area contributed by atoms with Gasteiger partial charge >= 0.3 is 0 Å². The maximum atomic E-state index is 4.38. The van der Waals surface area contributed by atoms with Crippen molar-refractivity contribution in [1.29, 1.82) is 0 Å². The largest absolute Gasteiger partial charge is 0.314 e. The molecule has 90 valence electrons. The van der Waals surface area contributed by atoms with Gasteiger partial charge in [-0.15, -0.1) is 0 Å². The van der Waals surface area contributed by atoms with E-state index < -0.39 is 0 Å². The van der Waals surface area contributed by atoms with Gasteiger partial charge in [-0.2, -0.15) is 5.10 Å². The molecule has 0 bridgehead atoms. The lowest BCUT2D eigenvalue weighted by Gasteiger charge is -2.37. The number of nitrogens with zero attached hydrogens (tertiary/aromatic N) is 3. The molecule has 2 heterocycles. The summed E-state index contributed by atoms with van der Waals surface area (Å²) in [6, 6.07) is 1.17. The molecule has 16 heavy (non-hydrogen) atoms. The van der Waals surface area contributed by atoms with Crippen LogP contribution in [-0.2, 0) is 6.54 Å². The van der Waals surface area contributed by atoms with E-state index >= 15 is 0 Å². The Balaban J connectivity index is 1.95. The van der Waals surface area contributed by atoms with Gasteiger partial charge in [-0.1, -0.05) is 6.92 Å². The molecule has 0 spiro atoms. The predicted octanol–water partition coefficient (Wildman–Crippen LogP) is 1.26. The molecule has 1 N–H and O–H groups in total. The number of hydrogen-bond acceptors (Lipinski definition) is 3. The van der Waals surface area contributed by atoms with Crippen LogP contribution < -0.4 is 5.32 Å². The van der Waals surface area contributed by atoms with Gasteiger partial charge in [0.15, 0.2) is 0 Å². The summed E-state index contributed by atoms with van der Waals surface area (Å²) in [7, 11) is 0. The number of aromatic nitrogens is 2. The summed E-state index contributed by atoms with van der Waals surface area (Å²) in [5.41, 5.74) is 1.32. The summed E-state index contributed by atoms with van der Waals surface area (Å²) >= 11 is 0. The van der Waals surface area contributed by atoms with Gasteiger partial charge in [-0.25, -0.2) is 0 Å². The van der Waals surface area contributed by atoms with Crippen molar-refractivity contribution < 1.29 is 0 Å². The summed E-state index contributed by atoms with van der Waals surface area (Å²) in [5.74, 6) is 0. The lowest BCUT2D eigenvalue weighted by molar-refractivity contribution is 0.145. The highest BCUT2D eigenvalue weighted by Crippen LogP contribution is 2.12. The van der Waals surface area contributed by atoms with Crippen LogP contribution in [0.5, 0.6) is 0 Å². The molecule has 1 saturated heterocycles. The van der Waals surface area contributed by atoms with Crippen molar-refractivity contribution in [2.45, 2.75) is 39.4 Å². The molecule has 0 saturated carbocycles. The Labute approximate surface area is 97.6 Å². The zero-order valence-corrected chi connectivity index (χ0v) is 10.5. The third kappa shape index (κ3) is 2.44. The SMILES string of the molecule is CCN(Cc1cnn(C(C)C)c1)C1CNC1. The van der Waals surface area contributed by atoms with Crippen LogP contribution in [0.15, 0.2) is 12.4 Å². The highest BCUT2D eigenvalue weighted by Gasteiger charge is 2.23. The minimum Gasteiger partial charge on any atom is -0.314 e. The molecule has 0 unspecified atom stereocenters. The Morgan fingerprint density at radius 2 is 2.31 bits per heavy atom. The van der Waals surface area contributed by atoms with E-state index in [1.54, 1.807) is 0 Å². The van der Waals surface area contributed by atoms with E-state index in [1.165, 1.54) is 5.56 Å². The average molecular weight is 222 g/mol. The summed E-state index contributed by atoms with van der Waals surface area (Å²) in [5, 5.41) is 7.70. The monoisotopic (exact) mass is 222 g/mol. The molecular weight excluding hydrogens is 200 g/mol. The highest BCUT2D eigenvalue weighted by atomic mass is 15.3. The van der Waals surface area contributed by atoms with Crippen LogP contribution in [0.2, 0.25) is 0 Å². The van der Waals surface area contributed by atoms with Crippen molar-refractivity contribution in [3.8, 4) is 0 Å². The predicted molar refractivity (Wildman–Crippen MR) is 65.4 cm³/mol. The Kier molecular flexibility index (Phi) is 3.61.